The molecule has 0 aromatic heterocycles. The van der Waals surface area contributed by atoms with E-state index in [0.29, 0.717) is 22.6 Å². The standard InChI is InChI=1S/C19H21N3O4S/c1-4-22(13-19(23)21-16-7-5-6-15(11-16)12-20)27(24,25)17-8-9-18(26-3)14(2)10-17/h5-11H,4,13H2,1-3H3,(H,21,23). The van der Waals surface area contributed by atoms with Gasteiger partial charge >= 0.3 is 0 Å². The van der Waals surface area contributed by atoms with Gasteiger partial charge in [0.05, 0.1) is 30.2 Å². The molecule has 1 N–H and O–H groups in total. The second-order valence-electron chi connectivity index (χ2n) is 5.80. The molecule has 0 aliphatic heterocycles. The first-order valence-electron chi connectivity index (χ1n) is 8.26. The van der Waals surface area contributed by atoms with E-state index in [0.717, 1.165) is 4.31 Å². The molecule has 7 nitrogen and oxygen atoms in total. The van der Waals surface area contributed by atoms with E-state index in [1.165, 1.54) is 25.3 Å². The fraction of sp³-hybridized carbons (Fsp3) is 0.263. The van der Waals surface area contributed by atoms with Crippen LogP contribution in [-0.2, 0) is 14.8 Å². The van der Waals surface area contributed by atoms with E-state index in [1.807, 2.05) is 6.07 Å². The maximum absolute atomic E-state index is 12.9. The van der Waals surface area contributed by atoms with Gasteiger partial charge in [0.2, 0.25) is 15.9 Å². The number of methoxy groups -OCH3 is 1. The Kier molecular flexibility index (Phi) is 6.55. The number of aryl methyl sites for hydroxylation is 1. The van der Waals surface area contributed by atoms with Gasteiger partial charge in [-0.15, -0.1) is 0 Å². The zero-order valence-corrected chi connectivity index (χ0v) is 16.2. The monoisotopic (exact) mass is 387 g/mol. The number of carbonyl (C=O) groups excluding carboxylic acids is 1. The fourth-order valence-corrected chi connectivity index (χ4v) is 4.05. The van der Waals surface area contributed by atoms with E-state index in [9.17, 15) is 13.2 Å². The Labute approximate surface area is 159 Å². The number of likely N-dealkylation sites (N-methyl/N-ethyl adjacent to an activating group) is 1. The Morgan fingerprint density at radius 2 is 2.00 bits per heavy atom. The maximum atomic E-state index is 12.9. The van der Waals surface area contributed by atoms with Crippen molar-refractivity contribution >= 4 is 21.6 Å². The molecule has 0 fully saturated rings. The average molecular weight is 387 g/mol. The van der Waals surface area contributed by atoms with Crippen LogP contribution in [0, 0.1) is 18.3 Å². The lowest BCUT2D eigenvalue weighted by molar-refractivity contribution is -0.116. The van der Waals surface area contributed by atoms with Crippen LogP contribution in [-0.4, -0.2) is 38.8 Å². The molecular weight excluding hydrogens is 366 g/mol. The quantitative estimate of drug-likeness (QED) is 0.787. The zero-order valence-electron chi connectivity index (χ0n) is 15.4. The topological polar surface area (TPSA) is 99.5 Å². The first-order valence-corrected chi connectivity index (χ1v) is 9.70. The van der Waals surface area contributed by atoms with Gasteiger partial charge in [-0.05, 0) is 48.9 Å². The molecule has 2 aromatic carbocycles. The van der Waals surface area contributed by atoms with E-state index < -0.39 is 15.9 Å². The first kappa shape index (κ1) is 20.4. The van der Waals surface area contributed by atoms with Crippen molar-refractivity contribution in [2.45, 2.75) is 18.7 Å². The lowest BCUT2D eigenvalue weighted by Gasteiger charge is -2.20. The van der Waals surface area contributed by atoms with Gasteiger partial charge < -0.3 is 10.1 Å². The van der Waals surface area contributed by atoms with Gasteiger partial charge in [0.1, 0.15) is 5.75 Å². The predicted molar refractivity (Wildman–Crippen MR) is 102 cm³/mol. The van der Waals surface area contributed by atoms with Gasteiger partial charge in [-0.25, -0.2) is 8.42 Å². The Morgan fingerprint density at radius 3 is 2.59 bits per heavy atom. The van der Waals surface area contributed by atoms with Gasteiger partial charge in [-0.3, -0.25) is 4.79 Å². The molecule has 0 bridgehead atoms. The minimum Gasteiger partial charge on any atom is -0.496 e. The summed E-state index contributed by atoms with van der Waals surface area (Å²) in [4.78, 5) is 12.4. The number of carbonyl (C=O) groups is 1. The summed E-state index contributed by atoms with van der Waals surface area (Å²) in [5.41, 5.74) is 1.53. The van der Waals surface area contributed by atoms with Crippen LogP contribution in [0.3, 0.4) is 0 Å². The van der Waals surface area contributed by atoms with Crippen LogP contribution in [0.1, 0.15) is 18.1 Å². The van der Waals surface area contributed by atoms with Crippen molar-refractivity contribution in [3.8, 4) is 11.8 Å². The van der Waals surface area contributed by atoms with Gasteiger partial charge in [0.15, 0.2) is 0 Å². The van der Waals surface area contributed by atoms with E-state index in [1.54, 1.807) is 38.1 Å². The highest BCUT2D eigenvalue weighted by Gasteiger charge is 2.26. The van der Waals surface area contributed by atoms with Crippen LogP contribution in [0.25, 0.3) is 0 Å². The number of sulfonamides is 1. The molecule has 1 amide bonds. The molecule has 0 unspecified atom stereocenters. The molecular formula is C19H21N3O4S. The van der Waals surface area contributed by atoms with E-state index >= 15 is 0 Å². The molecule has 0 saturated carbocycles. The second-order valence-corrected chi connectivity index (χ2v) is 7.74. The van der Waals surface area contributed by atoms with Crippen LogP contribution in [0.4, 0.5) is 5.69 Å². The number of benzene rings is 2. The molecule has 2 rings (SSSR count). The third-order valence-electron chi connectivity index (χ3n) is 3.95. The zero-order chi connectivity index (χ0) is 20.0. The number of rotatable bonds is 7. The van der Waals surface area contributed by atoms with Crippen LogP contribution >= 0.6 is 0 Å². The summed E-state index contributed by atoms with van der Waals surface area (Å²) in [6.07, 6.45) is 0. The molecule has 0 atom stereocenters. The first-order chi connectivity index (χ1) is 12.8. The van der Waals surface area contributed by atoms with Gasteiger partial charge in [0.25, 0.3) is 0 Å². The molecule has 0 heterocycles. The Balaban J connectivity index is 2.18. The summed E-state index contributed by atoms with van der Waals surface area (Å²) in [7, 11) is -2.32. The third kappa shape index (κ3) is 4.84. The highest BCUT2D eigenvalue weighted by atomic mass is 32.2. The average Bonchev–Trinajstić information content (AvgIpc) is 2.65. The number of hydrogen-bond acceptors (Lipinski definition) is 5. The van der Waals surface area contributed by atoms with E-state index in [-0.39, 0.29) is 18.0 Å². The summed E-state index contributed by atoms with van der Waals surface area (Å²) in [6, 6.07) is 13.0. The van der Waals surface area contributed by atoms with Gasteiger partial charge in [-0.1, -0.05) is 13.0 Å². The summed E-state index contributed by atoms with van der Waals surface area (Å²) < 4.78 is 32.0. The highest BCUT2D eigenvalue weighted by molar-refractivity contribution is 7.89. The molecule has 0 spiro atoms. The van der Waals surface area contributed by atoms with Crippen molar-refractivity contribution in [3.05, 3.63) is 53.6 Å². The number of amides is 1. The van der Waals surface area contributed by atoms with Crippen LogP contribution in [0.5, 0.6) is 5.75 Å². The number of nitrogens with zero attached hydrogens (tertiary/aromatic N) is 2. The summed E-state index contributed by atoms with van der Waals surface area (Å²) >= 11 is 0. The van der Waals surface area contributed by atoms with Crippen molar-refractivity contribution < 1.29 is 17.9 Å². The Hall–Kier alpha value is -2.89. The van der Waals surface area contributed by atoms with Crippen molar-refractivity contribution in [3.63, 3.8) is 0 Å². The van der Waals surface area contributed by atoms with E-state index in [4.69, 9.17) is 10.00 Å². The molecule has 8 heteroatoms. The molecule has 0 radical (unpaired) electrons. The number of nitriles is 1. The largest absolute Gasteiger partial charge is 0.496 e. The van der Waals surface area contributed by atoms with Gasteiger partial charge in [0, 0.05) is 12.2 Å². The third-order valence-corrected chi connectivity index (χ3v) is 5.87. The van der Waals surface area contributed by atoms with Crippen molar-refractivity contribution in [1.29, 1.82) is 5.26 Å². The molecule has 0 saturated heterocycles. The molecule has 27 heavy (non-hydrogen) atoms. The fourth-order valence-electron chi connectivity index (χ4n) is 2.55. The maximum Gasteiger partial charge on any atom is 0.243 e. The predicted octanol–water partition coefficient (Wildman–Crippen LogP) is 2.52. The number of ether oxygens (including phenoxy) is 1. The highest BCUT2D eigenvalue weighted by Crippen LogP contribution is 2.23. The molecule has 0 aliphatic carbocycles. The molecule has 0 aliphatic rings. The summed E-state index contributed by atoms with van der Waals surface area (Å²) in [6.45, 7) is 3.22. The number of nitrogens with one attached hydrogen (secondary N) is 1. The van der Waals surface area contributed by atoms with E-state index in [2.05, 4.69) is 5.32 Å². The Morgan fingerprint density at radius 1 is 1.26 bits per heavy atom. The minimum atomic E-state index is -3.83. The van der Waals surface area contributed by atoms with Crippen molar-refractivity contribution in [2.24, 2.45) is 0 Å². The summed E-state index contributed by atoms with van der Waals surface area (Å²) in [5, 5.41) is 11.5. The lowest BCUT2D eigenvalue weighted by atomic mass is 10.2. The van der Waals surface area contributed by atoms with Crippen LogP contribution < -0.4 is 10.1 Å². The normalized spacial score (nSPS) is 11.1. The summed E-state index contributed by atoms with van der Waals surface area (Å²) in [5.74, 6) is 0.105. The van der Waals surface area contributed by atoms with Crippen molar-refractivity contribution in [1.82, 2.24) is 4.31 Å². The minimum absolute atomic E-state index is 0.0990. The number of anilines is 1. The smallest absolute Gasteiger partial charge is 0.243 e. The Bertz CT molecular complexity index is 981. The second kappa shape index (κ2) is 8.66. The molecule has 142 valence electrons. The lowest BCUT2D eigenvalue weighted by Crippen LogP contribution is -2.37. The van der Waals surface area contributed by atoms with Crippen LogP contribution in [0.15, 0.2) is 47.4 Å². The molecule has 2 aromatic rings. The van der Waals surface area contributed by atoms with Crippen LogP contribution in [0.2, 0.25) is 0 Å². The van der Waals surface area contributed by atoms with Gasteiger partial charge in [-0.2, -0.15) is 9.57 Å². The number of hydrogen-bond donors (Lipinski definition) is 1. The SMILES string of the molecule is CCN(CC(=O)Nc1cccc(C#N)c1)S(=O)(=O)c1ccc(OC)c(C)c1. The van der Waals surface area contributed by atoms with Crippen molar-refractivity contribution in [2.75, 3.05) is 25.5 Å².